The van der Waals surface area contributed by atoms with Gasteiger partial charge in [0.05, 0.1) is 10.8 Å². The molecule has 4 aromatic rings. The number of nitrogens with one attached hydrogen (secondary N) is 1. The molecule has 3 heterocycles. The van der Waals surface area contributed by atoms with Crippen LogP contribution in [0.2, 0.25) is 0 Å². The van der Waals surface area contributed by atoms with E-state index in [1.54, 1.807) is 18.5 Å². The maximum Gasteiger partial charge on any atom is 0.310 e. The van der Waals surface area contributed by atoms with Crippen molar-refractivity contribution in [1.29, 1.82) is 0 Å². The fraction of sp³-hybridized carbons (Fsp3) is 0.395. The molecule has 1 saturated heterocycles. The van der Waals surface area contributed by atoms with E-state index >= 15 is 0 Å². The van der Waals surface area contributed by atoms with Crippen molar-refractivity contribution in [3.05, 3.63) is 93.9 Å². The lowest BCUT2D eigenvalue weighted by Crippen LogP contribution is -2.59. The number of hydrogen-bond acceptors (Lipinski definition) is 6. The Morgan fingerprint density at radius 3 is 2.10 bits per heavy atom. The van der Waals surface area contributed by atoms with Gasteiger partial charge in [0.25, 0.3) is 5.91 Å². The number of thiophene rings is 1. The normalized spacial score (nSPS) is 17.3. The lowest BCUT2D eigenvalue weighted by molar-refractivity contribution is -0.153. The number of halogens is 2. The summed E-state index contributed by atoms with van der Waals surface area (Å²) in [7, 11) is 0. The third-order valence-corrected chi connectivity index (χ3v) is 11.0. The van der Waals surface area contributed by atoms with E-state index in [1.165, 1.54) is 16.2 Å². The van der Waals surface area contributed by atoms with E-state index in [9.17, 15) is 28.3 Å². The molecule has 1 atom stereocenters. The fourth-order valence-electron chi connectivity index (χ4n) is 6.30. The molecule has 2 aliphatic rings. The number of hydrogen-bond donors (Lipinski definition) is 2. The molecule has 1 saturated carbocycles. The molecule has 0 radical (unpaired) electrons. The van der Waals surface area contributed by atoms with Crippen LogP contribution in [0.15, 0.2) is 73.1 Å². The summed E-state index contributed by atoms with van der Waals surface area (Å²) in [5.74, 6) is -4.04. The van der Waals surface area contributed by atoms with Gasteiger partial charge in [0, 0.05) is 60.7 Å². The molecule has 6 rings (SSSR count). The minimum atomic E-state index is -2.54. The lowest BCUT2D eigenvalue weighted by Gasteiger charge is -2.38. The minimum Gasteiger partial charge on any atom is -0.481 e. The van der Waals surface area contributed by atoms with Crippen LogP contribution < -0.4 is 5.32 Å². The molecule has 2 aromatic heterocycles. The molecule has 0 spiro atoms. The molecule has 1 aliphatic carbocycles. The Morgan fingerprint density at radius 1 is 0.918 bits per heavy atom. The average molecular weight is 687 g/mol. The zero-order chi connectivity index (χ0) is 34.9. The van der Waals surface area contributed by atoms with Crippen LogP contribution in [0.25, 0.3) is 22.5 Å². The average Bonchev–Trinajstić information content (AvgIpc) is 3.56. The van der Waals surface area contributed by atoms with Crippen LogP contribution in [0.5, 0.6) is 0 Å². The van der Waals surface area contributed by atoms with E-state index in [4.69, 9.17) is 0 Å². The number of carbonyl (C=O) groups excluding carboxylic acids is 2. The Bertz CT molecular complexity index is 1800. The number of aliphatic carboxylic acids is 1. The van der Waals surface area contributed by atoms with Crippen molar-refractivity contribution in [3.8, 4) is 22.5 Å². The molecule has 49 heavy (non-hydrogen) atoms. The van der Waals surface area contributed by atoms with Crippen molar-refractivity contribution in [1.82, 2.24) is 20.2 Å². The molecule has 0 bridgehead atoms. The maximum atomic E-state index is 13.6. The summed E-state index contributed by atoms with van der Waals surface area (Å²) in [5, 5.41) is 12.2. The smallest absolute Gasteiger partial charge is 0.310 e. The van der Waals surface area contributed by atoms with Gasteiger partial charge in [-0.1, -0.05) is 69.3 Å². The summed E-state index contributed by atoms with van der Waals surface area (Å²) in [4.78, 5) is 50.3. The Morgan fingerprint density at radius 2 is 1.53 bits per heavy atom. The molecule has 2 amide bonds. The highest BCUT2D eigenvalue weighted by Crippen LogP contribution is 2.41. The maximum absolute atomic E-state index is 13.6. The summed E-state index contributed by atoms with van der Waals surface area (Å²) in [6.45, 7) is 6.46. The Labute approximate surface area is 288 Å². The number of aromatic nitrogens is 2. The minimum absolute atomic E-state index is 0.0628. The van der Waals surface area contributed by atoms with E-state index in [0.29, 0.717) is 23.5 Å². The fourth-order valence-corrected chi connectivity index (χ4v) is 7.27. The van der Waals surface area contributed by atoms with Gasteiger partial charge in [0.15, 0.2) is 5.82 Å². The molecule has 8 nitrogen and oxygen atoms in total. The van der Waals surface area contributed by atoms with Crippen molar-refractivity contribution >= 4 is 29.1 Å². The second kappa shape index (κ2) is 13.8. The van der Waals surface area contributed by atoms with Crippen LogP contribution in [-0.4, -0.2) is 62.8 Å². The molecule has 2 N–H and O–H groups in total. The van der Waals surface area contributed by atoms with Crippen LogP contribution in [0, 0.1) is 5.92 Å². The monoisotopic (exact) mass is 686 g/mol. The predicted octanol–water partition coefficient (Wildman–Crippen LogP) is 7.35. The van der Waals surface area contributed by atoms with Gasteiger partial charge in [-0.15, -0.1) is 11.3 Å². The number of rotatable bonds is 9. The molecule has 2 aromatic carbocycles. The Balaban J connectivity index is 1.12. The number of carbonyl (C=O) groups is 3. The summed E-state index contributed by atoms with van der Waals surface area (Å²) in [6, 6.07) is 18.3. The van der Waals surface area contributed by atoms with Crippen LogP contribution in [0.3, 0.4) is 0 Å². The molecule has 11 heteroatoms. The van der Waals surface area contributed by atoms with Crippen LogP contribution >= 0.6 is 11.3 Å². The zero-order valence-electron chi connectivity index (χ0n) is 27.8. The van der Waals surface area contributed by atoms with E-state index in [2.05, 4.69) is 36.1 Å². The predicted molar refractivity (Wildman–Crippen MR) is 185 cm³/mol. The summed E-state index contributed by atoms with van der Waals surface area (Å²) < 4.78 is 27.1. The number of carboxylic acids is 1. The molecule has 0 unspecified atom stereocenters. The van der Waals surface area contributed by atoms with Gasteiger partial charge >= 0.3 is 5.97 Å². The Kier molecular flexibility index (Phi) is 9.66. The number of benzene rings is 2. The van der Waals surface area contributed by atoms with Crippen molar-refractivity contribution in [2.24, 2.45) is 5.92 Å². The van der Waals surface area contributed by atoms with Gasteiger partial charge in [0.2, 0.25) is 11.8 Å². The lowest BCUT2D eigenvalue weighted by atomic mass is 9.82. The van der Waals surface area contributed by atoms with Crippen LogP contribution in [0.4, 0.5) is 8.78 Å². The van der Waals surface area contributed by atoms with Gasteiger partial charge in [-0.3, -0.25) is 14.4 Å². The SMILES string of the molecule is CC(C)(C)c1ccc(C(=O)N[C@@H](Cc2ccc(-c3ncc(-c4ccc(C5CCC(F)(F)CC5)cc4)cn3)cc2)C(=O)N2CC(C(=O)O)C2)s1. The first-order valence-electron chi connectivity index (χ1n) is 16.6. The highest BCUT2D eigenvalue weighted by molar-refractivity contribution is 7.14. The molecular formula is C38H40F2N4O4S. The number of amides is 2. The van der Waals surface area contributed by atoms with E-state index in [1.807, 2.05) is 54.6 Å². The molecule has 256 valence electrons. The van der Waals surface area contributed by atoms with Gasteiger partial charge in [-0.2, -0.15) is 0 Å². The zero-order valence-corrected chi connectivity index (χ0v) is 28.6. The number of alkyl halides is 2. The quantitative estimate of drug-likeness (QED) is 0.191. The van der Waals surface area contributed by atoms with Gasteiger partial charge in [-0.25, -0.2) is 18.7 Å². The molecule has 2 fully saturated rings. The summed E-state index contributed by atoms with van der Waals surface area (Å²) >= 11 is 1.39. The van der Waals surface area contributed by atoms with E-state index in [-0.39, 0.29) is 55.5 Å². The topological polar surface area (TPSA) is 112 Å². The van der Waals surface area contributed by atoms with Gasteiger partial charge in [0.1, 0.15) is 6.04 Å². The molecular weight excluding hydrogens is 647 g/mol. The van der Waals surface area contributed by atoms with E-state index in [0.717, 1.165) is 32.7 Å². The van der Waals surface area contributed by atoms with Crippen molar-refractivity contribution in [2.75, 3.05) is 13.1 Å². The first-order chi connectivity index (χ1) is 23.3. The second-order valence-corrected chi connectivity index (χ2v) is 15.3. The summed E-state index contributed by atoms with van der Waals surface area (Å²) in [5.41, 5.74) is 4.36. The van der Waals surface area contributed by atoms with Gasteiger partial charge in [-0.05, 0) is 53.0 Å². The highest BCUT2D eigenvalue weighted by atomic mass is 32.1. The number of likely N-dealkylation sites (tertiary alicyclic amines) is 1. The highest BCUT2D eigenvalue weighted by Gasteiger charge is 2.39. The van der Waals surface area contributed by atoms with Crippen LogP contribution in [-0.2, 0) is 21.4 Å². The number of carboxylic acid groups (broad SMARTS) is 1. The first-order valence-corrected chi connectivity index (χ1v) is 17.4. The largest absolute Gasteiger partial charge is 0.481 e. The standard InChI is InChI=1S/C38H40F2N4O4S/c1-37(2,3)32-13-12-31(49-32)34(45)43-30(35(46)44-21-29(22-44)36(47)48)18-23-4-6-27(7-5-23)33-41-19-28(20-42-33)25-10-8-24(9-11-25)26-14-16-38(39,40)17-15-26/h4-13,19-20,26,29-30H,14-18,21-22H2,1-3H3,(H,43,45)(H,47,48)/t30-/m0/s1. The van der Waals surface area contributed by atoms with Crippen LogP contribution in [0.1, 0.15) is 78.0 Å². The second-order valence-electron chi connectivity index (χ2n) is 14.2. The first kappa shape index (κ1) is 34.4. The third-order valence-electron chi connectivity index (χ3n) is 9.45. The Hall–Kier alpha value is -4.51. The third kappa shape index (κ3) is 8.04. The summed E-state index contributed by atoms with van der Waals surface area (Å²) in [6.07, 6.45) is 4.60. The molecule has 1 aliphatic heterocycles. The van der Waals surface area contributed by atoms with Gasteiger partial charge < -0.3 is 15.3 Å². The van der Waals surface area contributed by atoms with Crippen molar-refractivity contribution < 1.29 is 28.3 Å². The van der Waals surface area contributed by atoms with Crippen molar-refractivity contribution in [2.45, 2.75) is 76.2 Å². The number of nitrogens with zero attached hydrogens (tertiary/aromatic N) is 3. The van der Waals surface area contributed by atoms with E-state index < -0.39 is 23.9 Å². The van der Waals surface area contributed by atoms with Crippen molar-refractivity contribution in [3.63, 3.8) is 0 Å².